The van der Waals surface area contributed by atoms with E-state index in [0.29, 0.717) is 35.8 Å². The monoisotopic (exact) mass is 918 g/mol. The standard InChI is InChI=1S/C43H44Cl2F2N4O9S.H2O/c44-33-22-48-23-34(45)32(33)21-36(29-11-12-35(60-43(46)47)37(20-29)57-25-26-9-10-26)58-39(52)13-16-49-41(53)30-7-4-8-31(19-30)61(55,56)50-40(28-5-2-1-3-6-28)42(54)59-38-24-51-17-14-27(38)15-18-51;/h1-8,11-12,19-20,22-23,26-27,36,38,40,43,50H,9-10,13-18,21,24-25H2,(H,49,53);1H2/t36-,38-,40?;/m0./s1. The molecule has 1 unspecified atom stereocenters. The minimum Gasteiger partial charge on any atom is -0.870 e. The third-order valence-corrected chi connectivity index (χ3v) is 13.0. The van der Waals surface area contributed by atoms with Gasteiger partial charge in [0, 0.05) is 30.6 Å². The van der Waals surface area contributed by atoms with Crippen LogP contribution in [0.25, 0.3) is 0 Å². The van der Waals surface area contributed by atoms with Gasteiger partial charge in [0.1, 0.15) is 28.3 Å². The zero-order chi connectivity index (χ0) is 43.1. The zero-order valence-electron chi connectivity index (χ0n) is 33.3. The number of piperidine rings is 3. The lowest BCUT2D eigenvalue weighted by Gasteiger charge is -2.44. The van der Waals surface area contributed by atoms with E-state index in [-0.39, 0.29) is 68.9 Å². The van der Waals surface area contributed by atoms with E-state index in [0.717, 1.165) is 38.8 Å². The molecule has 4 N–H and O–H groups in total. The Morgan fingerprint density at radius 3 is 2.27 bits per heavy atom. The fourth-order valence-corrected chi connectivity index (χ4v) is 9.14. The number of amides is 1. The molecule has 2 bridgehead atoms. The number of H-pyrrole nitrogens is 1. The van der Waals surface area contributed by atoms with Crippen LogP contribution in [0.3, 0.4) is 0 Å². The Kier molecular flexibility index (Phi) is 15.8. The fourth-order valence-electron chi connectivity index (χ4n) is 7.39. The topological polar surface area (TPSA) is 194 Å². The maximum Gasteiger partial charge on any atom is 0.387 e. The van der Waals surface area contributed by atoms with Crippen LogP contribution in [0.5, 0.6) is 11.5 Å². The molecule has 4 heterocycles. The molecule has 1 aromatic heterocycles. The van der Waals surface area contributed by atoms with E-state index < -0.39 is 46.6 Å². The molecule has 1 amide bonds. The molecule has 1 aliphatic carbocycles. The summed E-state index contributed by atoms with van der Waals surface area (Å²) in [6, 6.07) is 16.6. The molecule has 8 rings (SSSR count). The number of rotatable bonds is 19. The van der Waals surface area contributed by atoms with Crippen molar-refractivity contribution >= 4 is 51.1 Å². The highest BCUT2D eigenvalue weighted by atomic mass is 35.5. The molecule has 3 atom stereocenters. The molecule has 332 valence electrons. The van der Waals surface area contributed by atoms with Crippen LogP contribution < -0.4 is 24.5 Å². The molecule has 0 radical (unpaired) electrons. The molecule has 0 spiro atoms. The first-order valence-electron chi connectivity index (χ1n) is 20.0. The second-order valence-electron chi connectivity index (χ2n) is 15.3. The first-order valence-corrected chi connectivity index (χ1v) is 22.2. The van der Waals surface area contributed by atoms with Crippen LogP contribution in [0.2, 0.25) is 10.0 Å². The number of esters is 2. The van der Waals surface area contributed by atoms with Crippen LogP contribution in [0.15, 0.2) is 90.1 Å². The molecular formula is C43H46Cl2F2N4O10S. The number of carbonyl (C=O) groups excluding carboxylic acids is 3. The number of aromatic nitrogens is 1. The number of halogens is 4. The van der Waals surface area contributed by atoms with Gasteiger partial charge in [-0.15, -0.1) is 0 Å². The quantitative estimate of drug-likeness (QED) is 0.1000. The Labute approximate surface area is 367 Å². The number of nitrogens with zero attached hydrogens (tertiary/aromatic N) is 1. The highest BCUT2D eigenvalue weighted by Gasteiger charge is 2.39. The highest BCUT2D eigenvalue weighted by Crippen LogP contribution is 2.38. The summed E-state index contributed by atoms with van der Waals surface area (Å²) in [4.78, 5) is 45.0. The summed E-state index contributed by atoms with van der Waals surface area (Å²) in [7, 11) is -4.37. The normalized spacial score (nSPS) is 19.1. The van der Waals surface area contributed by atoms with Crippen LogP contribution in [0, 0.1) is 11.8 Å². The summed E-state index contributed by atoms with van der Waals surface area (Å²) in [5.74, 6) is -1.73. The first kappa shape index (κ1) is 46.6. The number of hydrogen-bond donors (Lipinski definition) is 2. The lowest BCUT2D eigenvalue weighted by atomic mass is 9.86. The number of nitrogens with one attached hydrogen (secondary N) is 3. The second kappa shape index (κ2) is 21.0. The lowest BCUT2D eigenvalue weighted by Crippen LogP contribution is -2.52. The number of sulfonamides is 1. The summed E-state index contributed by atoms with van der Waals surface area (Å²) < 4.78 is 78.8. The largest absolute Gasteiger partial charge is 0.870 e. The number of aromatic amines is 1. The molecule has 3 aromatic carbocycles. The van der Waals surface area contributed by atoms with Gasteiger partial charge in [0.05, 0.1) is 17.9 Å². The average molecular weight is 920 g/mol. The van der Waals surface area contributed by atoms with E-state index in [4.69, 9.17) is 37.4 Å². The third kappa shape index (κ3) is 12.2. The van der Waals surface area contributed by atoms with E-state index in [1.54, 1.807) is 30.3 Å². The minimum atomic E-state index is -4.37. The van der Waals surface area contributed by atoms with E-state index in [1.165, 1.54) is 54.9 Å². The maximum atomic E-state index is 13.8. The number of pyridine rings is 1. The fraction of sp³-hybridized carbons (Fsp3) is 0.395. The molecule has 4 aromatic rings. The number of hydrogen-bond acceptors (Lipinski definition) is 11. The van der Waals surface area contributed by atoms with Crippen LogP contribution >= 0.6 is 23.2 Å². The number of alkyl halides is 2. The molecule has 3 saturated heterocycles. The minimum absolute atomic E-state index is 0. The van der Waals surface area contributed by atoms with Gasteiger partial charge in [0.25, 0.3) is 5.91 Å². The maximum absolute atomic E-state index is 13.8. The number of benzene rings is 3. The predicted octanol–water partition coefficient (Wildman–Crippen LogP) is 6.33. The molecular weight excluding hydrogens is 873 g/mol. The molecule has 62 heavy (non-hydrogen) atoms. The summed E-state index contributed by atoms with van der Waals surface area (Å²) in [6.45, 7) is -0.505. The van der Waals surface area contributed by atoms with Gasteiger partial charge in [0.2, 0.25) is 10.0 Å². The Morgan fingerprint density at radius 1 is 0.887 bits per heavy atom. The molecule has 4 aliphatic rings. The summed E-state index contributed by atoms with van der Waals surface area (Å²) >= 11 is 12.9. The van der Waals surface area contributed by atoms with Gasteiger partial charge < -0.3 is 29.7 Å². The van der Waals surface area contributed by atoms with Crippen molar-refractivity contribution in [2.75, 3.05) is 32.8 Å². The highest BCUT2D eigenvalue weighted by molar-refractivity contribution is 7.89. The van der Waals surface area contributed by atoms with Crippen molar-refractivity contribution in [3.05, 3.63) is 117 Å². The van der Waals surface area contributed by atoms with Crippen molar-refractivity contribution < 1.29 is 61.0 Å². The van der Waals surface area contributed by atoms with Crippen molar-refractivity contribution in [3.63, 3.8) is 0 Å². The van der Waals surface area contributed by atoms with Gasteiger partial charge in [-0.25, -0.2) is 18.2 Å². The summed E-state index contributed by atoms with van der Waals surface area (Å²) in [5.41, 5.74) is 1.22. The Balaban J connectivity index is 0.00000641. The molecule has 19 heteroatoms. The molecule has 1 saturated carbocycles. The Hall–Kier alpha value is -4.91. The Morgan fingerprint density at radius 2 is 1.61 bits per heavy atom. The van der Waals surface area contributed by atoms with Gasteiger partial charge in [-0.05, 0) is 92.1 Å². The average Bonchev–Trinajstić information content (AvgIpc) is 4.09. The molecule has 14 nitrogen and oxygen atoms in total. The van der Waals surface area contributed by atoms with Crippen LogP contribution in [0.1, 0.15) is 71.3 Å². The van der Waals surface area contributed by atoms with Gasteiger partial charge in [0.15, 0.2) is 23.9 Å². The van der Waals surface area contributed by atoms with Crippen LogP contribution in [-0.2, 0) is 35.5 Å². The van der Waals surface area contributed by atoms with Gasteiger partial charge >= 0.3 is 18.6 Å². The van der Waals surface area contributed by atoms with Crippen molar-refractivity contribution in [1.29, 1.82) is 0 Å². The molecule has 3 aliphatic heterocycles. The van der Waals surface area contributed by atoms with Gasteiger partial charge in [-0.1, -0.05) is 65.7 Å². The number of fused-ring (bicyclic) bond motifs is 3. The van der Waals surface area contributed by atoms with Gasteiger partial charge in [-0.2, -0.15) is 13.5 Å². The van der Waals surface area contributed by atoms with Crippen LogP contribution in [-0.4, -0.2) is 82.1 Å². The third-order valence-electron chi connectivity index (χ3n) is 10.9. The predicted molar refractivity (Wildman–Crippen MR) is 221 cm³/mol. The SMILES string of the molecule is O=C(CCNC(=O)c1cccc(S(=O)(=O)NC(C(=O)O[C@H]2CN3CCC2CC3)c2ccccc2)c1)O[C@@H](Cc1c(Cl)c[nH+]cc1Cl)c1ccc(OC(F)F)c(OCC2CC2)c1.[OH-]. The van der Waals surface area contributed by atoms with E-state index in [9.17, 15) is 31.6 Å². The first-order chi connectivity index (χ1) is 29.3. The van der Waals surface area contributed by atoms with Crippen molar-refractivity contribution in [1.82, 2.24) is 14.9 Å². The summed E-state index contributed by atoms with van der Waals surface area (Å²) in [6.07, 6.45) is 5.07. The van der Waals surface area contributed by atoms with Crippen molar-refractivity contribution in [3.8, 4) is 11.5 Å². The van der Waals surface area contributed by atoms with Gasteiger partial charge in [-0.3, -0.25) is 14.5 Å². The van der Waals surface area contributed by atoms with E-state index in [2.05, 4.69) is 24.7 Å². The van der Waals surface area contributed by atoms with Crippen molar-refractivity contribution in [2.24, 2.45) is 11.8 Å². The summed E-state index contributed by atoms with van der Waals surface area (Å²) in [5, 5.41) is 3.15. The number of ether oxygens (including phenoxy) is 4. The van der Waals surface area contributed by atoms with E-state index >= 15 is 0 Å². The zero-order valence-corrected chi connectivity index (χ0v) is 35.6. The second-order valence-corrected chi connectivity index (χ2v) is 17.8. The number of carbonyl (C=O) groups is 3. The Bertz CT molecular complexity index is 2300. The van der Waals surface area contributed by atoms with E-state index in [1.807, 2.05) is 0 Å². The molecule has 4 fully saturated rings. The lowest BCUT2D eigenvalue weighted by molar-refractivity contribution is -0.377. The van der Waals surface area contributed by atoms with Crippen LogP contribution in [0.4, 0.5) is 8.78 Å². The smallest absolute Gasteiger partial charge is 0.387 e. The van der Waals surface area contributed by atoms with Crippen molar-refractivity contribution in [2.45, 2.75) is 68.3 Å².